The van der Waals surface area contributed by atoms with E-state index in [0.29, 0.717) is 49.2 Å². The second kappa shape index (κ2) is 10.7. The summed E-state index contributed by atoms with van der Waals surface area (Å²) in [5, 5.41) is 5.34. The summed E-state index contributed by atoms with van der Waals surface area (Å²) in [6.07, 6.45) is 1.59. The molecule has 10 heteroatoms. The number of carbonyl (C=O) groups is 2. The van der Waals surface area contributed by atoms with Crippen LogP contribution in [0, 0.1) is 5.82 Å². The highest BCUT2D eigenvalue weighted by Crippen LogP contribution is 2.32. The van der Waals surface area contributed by atoms with Crippen LogP contribution in [-0.2, 0) is 9.59 Å². The molecule has 9 nitrogen and oxygen atoms in total. The van der Waals surface area contributed by atoms with E-state index in [1.165, 1.54) is 12.1 Å². The van der Waals surface area contributed by atoms with E-state index in [-0.39, 0.29) is 18.4 Å². The molecule has 3 heterocycles. The molecule has 3 aromatic rings. The first-order valence-corrected chi connectivity index (χ1v) is 11.8. The number of furan rings is 1. The fourth-order valence-electron chi connectivity index (χ4n) is 4.41. The number of hydrogen-bond donors (Lipinski definition) is 2. The van der Waals surface area contributed by atoms with Crippen molar-refractivity contribution in [2.24, 2.45) is 0 Å². The third kappa shape index (κ3) is 5.44. The number of nitrogens with one attached hydrogen (secondary N) is 2. The number of rotatable bonds is 6. The third-order valence-electron chi connectivity index (χ3n) is 6.28. The van der Waals surface area contributed by atoms with Crippen LogP contribution in [0.15, 0.2) is 65.3 Å². The maximum absolute atomic E-state index is 13.3. The van der Waals surface area contributed by atoms with Gasteiger partial charge in [0.25, 0.3) is 0 Å². The highest BCUT2D eigenvalue weighted by atomic mass is 19.1. The van der Waals surface area contributed by atoms with E-state index in [1.807, 2.05) is 6.07 Å². The van der Waals surface area contributed by atoms with E-state index >= 15 is 0 Å². The molecule has 2 amide bonds. The van der Waals surface area contributed by atoms with Gasteiger partial charge in [-0.25, -0.2) is 4.39 Å². The Labute approximate surface area is 207 Å². The van der Waals surface area contributed by atoms with Gasteiger partial charge in [-0.3, -0.25) is 14.5 Å². The predicted molar refractivity (Wildman–Crippen MR) is 131 cm³/mol. The van der Waals surface area contributed by atoms with E-state index in [2.05, 4.69) is 20.4 Å². The lowest BCUT2D eigenvalue weighted by Gasteiger charge is -2.39. The molecule has 1 fully saturated rings. The lowest BCUT2D eigenvalue weighted by atomic mass is 10.1. The van der Waals surface area contributed by atoms with Gasteiger partial charge in [0.2, 0.25) is 0 Å². The van der Waals surface area contributed by atoms with Crippen molar-refractivity contribution in [1.82, 2.24) is 10.2 Å². The maximum atomic E-state index is 13.3. The Morgan fingerprint density at radius 3 is 2.39 bits per heavy atom. The van der Waals surface area contributed by atoms with Crippen LogP contribution in [-0.4, -0.2) is 62.7 Å². The van der Waals surface area contributed by atoms with Crippen molar-refractivity contribution in [2.45, 2.75) is 6.04 Å². The third-order valence-corrected chi connectivity index (χ3v) is 6.28. The van der Waals surface area contributed by atoms with Crippen LogP contribution in [0.5, 0.6) is 11.5 Å². The molecule has 2 aliphatic rings. The van der Waals surface area contributed by atoms with E-state index in [1.54, 1.807) is 42.7 Å². The second-order valence-corrected chi connectivity index (χ2v) is 8.55. The summed E-state index contributed by atoms with van der Waals surface area (Å²) >= 11 is 0. The van der Waals surface area contributed by atoms with Gasteiger partial charge in [-0.05, 0) is 48.5 Å². The fourth-order valence-corrected chi connectivity index (χ4v) is 4.41. The SMILES string of the molecule is O=C(NCC(c1ccco1)N1CCN(c2ccc(F)cc2)CC1)C(=O)Nc1ccc2c(c1)OCCO2. The molecule has 0 bridgehead atoms. The van der Waals surface area contributed by atoms with Gasteiger partial charge in [0.1, 0.15) is 24.8 Å². The molecule has 0 radical (unpaired) electrons. The Kier molecular flexibility index (Phi) is 7.03. The normalized spacial score (nSPS) is 16.3. The molecule has 0 spiro atoms. The Bertz CT molecular complexity index is 1190. The summed E-state index contributed by atoms with van der Waals surface area (Å²) in [5.41, 5.74) is 1.41. The van der Waals surface area contributed by atoms with E-state index in [9.17, 15) is 14.0 Å². The summed E-state index contributed by atoms with van der Waals surface area (Å²) in [6.45, 7) is 4.00. The molecule has 1 unspecified atom stereocenters. The summed E-state index contributed by atoms with van der Waals surface area (Å²) < 4.78 is 29.9. The summed E-state index contributed by atoms with van der Waals surface area (Å²) in [6, 6.07) is 14.9. The minimum absolute atomic E-state index is 0.206. The van der Waals surface area contributed by atoms with Crippen molar-refractivity contribution < 1.29 is 27.9 Å². The van der Waals surface area contributed by atoms with Crippen LogP contribution in [0.1, 0.15) is 11.8 Å². The van der Waals surface area contributed by atoms with Gasteiger partial charge in [-0.2, -0.15) is 0 Å². The zero-order chi connectivity index (χ0) is 24.9. The molecule has 2 aromatic carbocycles. The van der Waals surface area contributed by atoms with E-state index < -0.39 is 11.8 Å². The number of halogens is 1. The van der Waals surface area contributed by atoms with Crippen molar-refractivity contribution in [3.63, 3.8) is 0 Å². The zero-order valence-electron chi connectivity index (χ0n) is 19.6. The monoisotopic (exact) mass is 494 g/mol. The molecule has 2 aliphatic heterocycles. The number of benzene rings is 2. The van der Waals surface area contributed by atoms with Crippen LogP contribution in [0.3, 0.4) is 0 Å². The van der Waals surface area contributed by atoms with E-state index in [0.717, 1.165) is 18.8 Å². The number of fused-ring (bicyclic) bond motifs is 1. The summed E-state index contributed by atoms with van der Waals surface area (Å²) in [7, 11) is 0. The summed E-state index contributed by atoms with van der Waals surface area (Å²) in [5.74, 6) is 0.0563. The molecular weight excluding hydrogens is 467 g/mol. The molecule has 1 saturated heterocycles. The highest BCUT2D eigenvalue weighted by molar-refractivity contribution is 6.39. The molecule has 1 atom stereocenters. The Morgan fingerprint density at radius 2 is 1.67 bits per heavy atom. The van der Waals surface area contributed by atoms with Gasteiger partial charge in [0.05, 0.1) is 12.3 Å². The van der Waals surface area contributed by atoms with Crippen molar-refractivity contribution in [3.8, 4) is 11.5 Å². The van der Waals surface area contributed by atoms with Crippen LogP contribution in [0.25, 0.3) is 0 Å². The maximum Gasteiger partial charge on any atom is 0.313 e. The largest absolute Gasteiger partial charge is 0.486 e. The van der Waals surface area contributed by atoms with Crippen LogP contribution >= 0.6 is 0 Å². The van der Waals surface area contributed by atoms with Gasteiger partial charge in [-0.1, -0.05) is 0 Å². The van der Waals surface area contributed by atoms with E-state index in [4.69, 9.17) is 13.9 Å². The van der Waals surface area contributed by atoms with Gasteiger partial charge in [-0.15, -0.1) is 0 Å². The lowest BCUT2D eigenvalue weighted by Crippen LogP contribution is -2.50. The Hall–Kier alpha value is -4.05. The van der Waals surface area contributed by atoms with Crippen LogP contribution in [0.4, 0.5) is 15.8 Å². The quantitative estimate of drug-likeness (QED) is 0.509. The number of hydrogen-bond acceptors (Lipinski definition) is 7. The number of piperazine rings is 1. The summed E-state index contributed by atoms with van der Waals surface area (Å²) in [4.78, 5) is 29.5. The first kappa shape index (κ1) is 23.7. The zero-order valence-corrected chi connectivity index (χ0v) is 19.6. The molecule has 0 saturated carbocycles. The first-order valence-electron chi connectivity index (χ1n) is 11.8. The number of carbonyl (C=O) groups excluding carboxylic acids is 2. The average molecular weight is 495 g/mol. The van der Waals surface area contributed by atoms with Crippen LogP contribution in [0.2, 0.25) is 0 Å². The molecule has 2 N–H and O–H groups in total. The van der Waals surface area contributed by atoms with Gasteiger partial charge in [0, 0.05) is 50.2 Å². The van der Waals surface area contributed by atoms with Crippen molar-refractivity contribution >= 4 is 23.2 Å². The Morgan fingerprint density at radius 1 is 0.917 bits per heavy atom. The lowest BCUT2D eigenvalue weighted by molar-refractivity contribution is -0.136. The molecule has 5 rings (SSSR count). The van der Waals surface area contributed by atoms with Crippen LogP contribution < -0.4 is 25.0 Å². The smallest absolute Gasteiger partial charge is 0.313 e. The standard InChI is InChI=1S/C26H27FN4O5/c27-18-3-6-20(7-4-18)30-9-11-31(12-10-30)21(22-2-1-13-34-22)17-28-25(32)26(33)29-19-5-8-23-24(16-19)36-15-14-35-23/h1-8,13,16,21H,9-12,14-15,17H2,(H,28,32)(H,29,33). The van der Waals surface area contributed by atoms with Gasteiger partial charge < -0.3 is 29.4 Å². The molecule has 36 heavy (non-hydrogen) atoms. The molecular formula is C26H27FN4O5. The molecule has 188 valence electrons. The average Bonchev–Trinajstić information content (AvgIpc) is 3.44. The predicted octanol–water partition coefficient (Wildman–Crippen LogP) is 2.81. The van der Waals surface area contributed by atoms with Gasteiger partial charge in [0.15, 0.2) is 11.5 Å². The number of nitrogens with zero attached hydrogens (tertiary/aromatic N) is 2. The highest BCUT2D eigenvalue weighted by Gasteiger charge is 2.28. The fraction of sp³-hybridized carbons (Fsp3) is 0.308. The minimum Gasteiger partial charge on any atom is -0.486 e. The number of anilines is 2. The Balaban J connectivity index is 1.18. The minimum atomic E-state index is -0.772. The topological polar surface area (TPSA) is 96.3 Å². The number of amides is 2. The van der Waals surface area contributed by atoms with Crippen molar-refractivity contribution in [1.29, 1.82) is 0 Å². The van der Waals surface area contributed by atoms with Gasteiger partial charge >= 0.3 is 11.8 Å². The number of ether oxygens (including phenoxy) is 2. The second-order valence-electron chi connectivity index (χ2n) is 8.55. The first-order chi connectivity index (χ1) is 17.6. The van der Waals surface area contributed by atoms with Crippen molar-refractivity contribution in [2.75, 3.05) is 56.2 Å². The molecule has 1 aromatic heterocycles. The van der Waals surface area contributed by atoms with Crippen molar-refractivity contribution in [3.05, 3.63) is 72.4 Å². The molecule has 0 aliphatic carbocycles.